The lowest BCUT2D eigenvalue weighted by atomic mass is 9.54. The molecule has 3 saturated carbocycles. The fraction of sp³-hybridized carbons (Fsp3) is 0.897. The maximum Gasteiger partial charge on any atom is 0.437 e. The third kappa shape index (κ3) is 6.23. The van der Waals surface area contributed by atoms with E-state index < -0.39 is 147 Å². The lowest BCUT2D eigenvalue weighted by Gasteiger charge is -2.53. The molecule has 0 aromatic rings. The van der Waals surface area contributed by atoms with Gasteiger partial charge in [0, 0.05) is 11.8 Å². The van der Waals surface area contributed by atoms with Crippen LogP contribution in [0.25, 0.3) is 0 Å². The molecule has 4 aliphatic carbocycles. The zero-order valence-electron chi connectivity index (χ0n) is 25.3. The number of esters is 1. The first kappa shape index (κ1) is 40.7. The summed E-state index contributed by atoms with van der Waals surface area (Å²) < 4.78 is 259. The highest BCUT2D eigenvalue weighted by molar-refractivity contribution is 5.75. The van der Waals surface area contributed by atoms with E-state index in [9.17, 15) is 88.9 Å². The average molecular weight is 769 g/mol. The molecule has 0 aromatic carbocycles. The van der Waals surface area contributed by atoms with Crippen LogP contribution in [0.1, 0.15) is 64.2 Å². The molecule has 0 amide bonds. The van der Waals surface area contributed by atoms with Gasteiger partial charge in [0.25, 0.3) is 5.60 Å². The monoisotopic (exact) mass is 768 g/mol. The van der Waals surface area contributed by atoms with Crippen molar-refractivity contribution in [3.05, 3.63) is 12.2 Å². The fourth-order valence-corrected chi connectivity index (χ4v) is 9.07. The Bertz CT molecular complexity index is 1210. The summed E-state index contributed by atoms with van der Waals surface area (Å²) >= 11 is 0. The molecule has 4 rings (SSSR count). The van der Waals surface area contributed by atoms with Crippen molar-refractivity contribution >= 4 is 5.97 Å². The van der Waals surface area contributed by atoms with Gasteiger partial charge in [0.05, 0.1) is 5.92 Å². The molecule has 0 saturated heterocycles. The minimum absolute atomic E-state index is 0.149. The van der Waals surface area contributed by atoms with Gasteiger partial charge in [-0.15, -0.1) is 0 Å². The van der Waals surface area contributed by atoms with Crippen molar-refractivity contribution in [3.63, 3.8) is 0 Å². The first-order valence-electron chi connectivity index (χ1n) is 15.4. The Morgan fingerprint density at radius 2 is 0.880 bits per heavy atom. The Morgan fingerprint density at radius 3 is 1.18 bits per heavy atom. The summed E-state index contributed by atoms with van der Waals surface area (Å²) in [4.78, 5) is 12.8. The second kappa shape index (κ2) is 12.5. The highest BCUT2D eigenvalue weighted by Gasteiger charge is 2.81. The number of fused-ring (bicyclic) bond motifs is 2. The lowest BCUT2D eigenvalue weighted by Crippen LogP contribution is -2.66. The van der Waals surface area contributed by atoms with E-state index in [1.807, 2.05) is 0 Å². The molecule has 3 atom stereocenters. The number of aliphatic hydroxyl groups is 1. The molecule has 0 radical (unpaired) electrons. The van der Waals surface area contributed by atoms with Crippen molar-refractivity contribution in [3.8, 4) is 0 Å². The molecule has 0 aromatic heterocycles. The van der Waals surface area contributed by atoms with E-state index in [1.165, 1.54) is 6.08 Å². The zero-order chi connectivity index (χ0) is 38.3. The standard InChI is InChI=1S/C29H30F18O3/c30-24(31,32)21(25(33,34)35,15-3-7-17(8-4-15)22(49,26(36,37)38)27(39,40)41)16-5-9-18(10-6-16)23(28(42,43)44,29(45,46)47)50-20(48)19-12-13-1-2-14(19)11-13/h1-2,13-19,49H,3-12H2. The molecule has 0 heterocycles. The lowest BCUT2D eigenvalue weighted by molar-refractivity contribution is -0.402. The molecule has 290 valence electrons. The predicted octanol–water partition coefficient (Wildman–Crippen LogP) is 10.2. The van der Waals surface area contributed by atoms with Gasteiger partial charge in [-0.05, 0) is 87.9 Å². The Kier molecular flexibility index (Phi) is 10.2. The van der Waals surface area contributed by atoms with E-state index in [-0.39, 0.29) is 18.8 Å². The molecule has 0 spiro atoms. The molecular formula is C29H30F18O3. The normalized spacial score (nSPS) is 30.9. The maximum atomic E-state index is 14.7. The molecule has 3 nitrogen and oxygen atoms in total. The van der Waals surface area contributed by atoms with E-state index >= 15 is 0 Å². The van der Waals surface area contributed by atoms with E-state index in [2.05, 4.69) is 4.74 Å². The van der Waals surface area contributed by atoms with Crippen LogP contribution in [0.3, 0.4) is 0 Å². The van der Waals surface area contributed by atoms with Gasteiger partial charge < -0.3 is 9.84 Å². The van der Waals surface area contributed by atoms with Crippen LogP contribution in [0, 0.1) is 46.8 Å². The Labute approximate surface area is 271 Å². The number of carbonyl (C=O) groups excluding carboxylic acids is 1. The SMILES string of the molecule is O=C(OC(C1CCC(C(C2CCC(C(O)(C(F)(F)F)C(F)(F)F)CC2)(C(F)(F)F)C(F)(F)F)CC1)(C(F)(F)F)C(F)(F)F)C1CC2C=CC1C2. The van der Waals surface area contributed by atoms with Gasteiger partial charge in [0.1, 0.15) is 0 Å². The summed E-state index contributed by atoms with van der Waals surface area (Å²) in [5.74, 6) is -15.9. The first-order valence-corrected chi connectivity index (χ1v) is 15.4. The van der Waals surface area contributed by atoms with Crippen LogP contribution in [0.15, 0.2) is 12.2 Å². The predicted molar refractivity (Wildman–Crippen MR) is 132 cm³/mol. The van der Waals surface area contributed by atoms with Gasteiger partial charge in [-0.2, -0.15) is 79.0 Å². The molecule has 4 aliphatic rings. The number of ether oxygens (including phenoxy) is 1. The number of allylic oxidation sites excluding steroid dienone is 2. The van der Waals surface area contributed by atoms with Crippen LogP contribution in [0.2, 0.25) is 0 Å². The van der Waals surface area contributed by atoms with E-state index in [1.54, 1.807) is 6.08 Å². The molecule has 3 fully saturated rings. The summed E-state index contributed by atoms with van der Waals surface area (Å²) in [6.07, 6.45) is -48.4. The molecule has 1 N–H and O–H groups in total. The molecule has 0 aliphatic heterocycles. The molecular weight excluding hydrogens is 738 g/mol. The molecule has 50 heavy (non-hydrogen) atoms. The summed E-state index contributed by atoms with van der Waals surface area (Å²) in [5.41, 5.74) is -15.8. The third-order valence-electron chi connectivity index (χ3n) is 11.4. The van der Waals surface area contributed by atoms with Crippen molar-refractivity contribution in [2.75, 3.05) is 0 Å². The van der Waals surface area contributed by atoms with Crippen molar-refractivity contribution in [2.24, 2.45) is 46.8 Å². The molecule has 2 bridgehead atoms. The Hall–Kier alpha value is -2.09. The number of halogens is 18. The number of alkyl halides is 18. The first-order chi connectivity index (χ1) is 22.4. The van der Waals surface area contributed by atoms with Crippen molar-refractivity contribution in [1.29, 1.82) is 0 Å². The summed E-state index contributed by atoms with van der Waals surface area (Å²) in [5, 5.41) is 9.65. The van der Waals surface area contributed by atoms with Crippen LogP contribution in [0.4, 0.5) is 79.0 Å². The fourth-order valence-electron chi connectivity index (χ4n) is 9.07. The van der Waals surface area contributed by atoms with Crippen LogP contribution >= 0.6 is 0 Å². The zero-order valence-corrected chi connectivity index (χ0v) is 25.3. The summed E-state index contributed by atoms with van der Waals surface area (Å²) in [7, 11) is 0. The quantitative estimate of drug-likeness (QED) is 0.166. The van der Waals surface area contributed by atoms with Crippen LogP contribution in [-0.4, -0.2) is 59.3 Å². The highest BCUT2D eigenvalue weighted by atomic mass is 19.4. The smallest absolute Gasteiger partial charge is 0.437 e. The van der Waals surface area contributed by atoms with Gasteiger partial charge in [0.15, 0.2) is 5.41 Å². The van der Waals surface area contributed by atoms with Crippen LogP contribution < -0.4 is 0 Å². The van der Waals surface area contributed by atoms with Gasteiger partial charge in [-0.3, -0.25) is 4.79 Å². The highest BCUT2D eigenvalue weighted by Crippen LogP contribution is 2.67. The minimum atomic E-state index is -6.44. The topological polar surface area (TPSA) is 46.5 Å². The van der Waals surface area contributed by atoms with Crippen molar-refractivity contribution in [2.45, 2.75) is 112 Å². The number of hydrogen-bond donors (Lipinski definition) is 1. The largest absolute Gasteiger partial charge is 0.439 e. The Morgan fingerprint density at radius 1 is 0.500 bits per heavy atom. The minimum Gasteiger partial charge on any atom is -0.439 e. The maximum absolute atomic E-state index is 14.7. The average Bonchev–Trinajstić information content (AvgIpc) is 3.57. The summed E-state index contributed by atoms with van der Waals surface area (Å²) in [6, 6.07) is 0. The van der Waals surface area contributed by atoms with E-state index in [4.69, 9.17) is 0 Å². The number of rotatable bonds is 6. The van der Waals surface area contributed by atoms with Crippen molar-refractivity contribution in [1.82, 2.24) is 0 Å². The second-order valence-electron chi connectivity index (χ2n) is 13.8. The van der Waals surface area contributed by atoms with E-state index in [0.29, 0.717) is 0 Å². The third-order valence-corrected chi connectivity index (χ3v) is 11.4. The van der Waals surface area contributed by atoms with Crippen molar-refractivity contribution < 1.29 is 93.7 Å². The number of carbonyl (C=O) groups is 1. The summed E-state index contributed by atoms with van der Waals surface area (Å²) in [6.45, 7) is 0. The van der Waals surface area contributed by atoms with E-state index in [0.717, 1.165) is 0 Å². The van der Waals surface area contributed by atoms with Gasteiger partial charge >= 0.3 is 48.6 Å². The molecule has 3 unspecified atom stereocenters. The second-order valence-corrected chi connectivity index (χ2v) is 13.8. The Balaban J connectivity index is 1.67. The van der Waals surface area contributed by atoms with Gasteiger partial charge in [0.2, 0.25) is 0 Å². The van der Waals surface area contributed by atoms with Gasteiger partial charge in [-0.25, -0.2) is 0 Å². The van der Waals surface area contributed by atoms with Crippen LogP contribution in [-0.2, 0) is 9.53 Å². The number of hydrogen-bond acceptors (Lipinski definition) is 3. The van der Waals surface area contributed by atoms with Crippen LogP contribution in [0.5, 0.6) is 0 Å². The molecule has 21 heteroatoms. The van der Waals surface area contributed by atoms with Gasteiger partial charge in [-0.1, -0.05) is 12.2 Å².